The van der Waals surface area contributed by atoms with Crippen LogP contribution in [0.3, 0.4) is 0 Å². The van der Waals surface area contributed by atoms with Crippen LogP contribution in [0.25, 0.3) is 0 Å². The normalized spacial score (nSPS) is 22.8. The first-order chi connectivity index (χ1) is 7.53. The molecule has 0 amide bonds. The van der Waals surface area contributed by atoms with E-state index < -0.39 is 12.5 Å². The minimum absolute atomic E-state index is 0.303. The highest BCUT2D eigenvalue weighted by Crippen LogP contribution is 2.23. The van der Waals surface area contributed by atoms with Crippen molar-refractivity contribution in [3.63, 3.8) is 0 Å². The van der Waals surface area contributed by atoms with Crippen molar-refractivity contribution in [2.24, 2.45) is 0 Å². The van der Waals surface area contributed by atoms with Gasteiger partial charge in [-0.1, -0.05) is 0 Å². The lowest BCUT2D eigenvalue weighted by Gasteiger charge is -2.17. The van der Waals surface area contributed by atoms with Crippen molar-refractivity contribution < 1.29 is 17.9 Å². The van der Waals surface area contributed by atoms with Gasteiger partial charge in [-0.15, -0.1) is 13.2 Å². The average Bonchev–Trinajstić information content (AvgIpc) is 2.75. The number of halogens is 3. The summed E-state index contributed by atoms with van der Waals surface area (Å²) in [5.74, 6) is 0. The van der Waals surface area contributed by atoms with Crippen LogP contribution in [-0.4, -0.2) is 40.0 Å². The molecule has 0 saturated carbocycles. The Labute approximate surface area is 90.6 Å². The van der Waals surface area contributed by atoms with E-state index in [4.69, 9.17) is 0 Å². The molecule has 0 aliphatic carbocycles. The van der Waals surface area contributed by atoms with Gasteiger partial charge in [0.25, 0.3) is 0 Å². The van der Waals surface area contributed by atoms with Crippen LogP contribution in [0.2, 0.25) is 0 Å². The minimum atomic E-state index is -4.53. The minimum Gasteiger partial charge on any atom is -0.324 e. The predicted octanol–water partition coefficient (Wildman–Crippen LogP) is 1.45. The van der Waals surface area contributed by atoms with Crippen LogP contribution in [0.1, 0.15) is 6.42 Å². The van der Waals surface area contributed by atoms with Crippen LogP contribution < -0.4 is 0 Å². The van der Waals surface area contributed by atoms with E-state index >= 15 is 0 Å². The maximum atomic E-state index is 12.0. The number of alkyl halides is 3. The molecule has 4 nitrogen and oxygen atoms in total. The first kappa shape index (κ1) is 11.4. The zero-order valence-electron chi connectivity index (χ0n) is 8.52. The Bertz CT molecular complexity index is 325. The Hall–Kier alpha value is -1.08. The Morgan fingerprint density at radius 3 is 2.88 bits per heavy atom. The van der Waals surface area contributed by atoms with Gasteiger partial charge >= 0.3 is 6.36 Å². The van der Waals surface area contributed by atoms with Crippen LogP contribution in [0.15, 0.2) is 18.7 Å². The molecule has 0 aromatic carbocycles. The predicted molar refractivity (Wildman–Crippen MR) is 49.3 cm³/mol. The molecule has 2 rings (SSSR count). The number of imidazole rings is 1. The summed E-state index contributed by atoms with van der Waals surface area (Å²) >= 11 is 0. The van der Waals surface area contributed by atoms with E-state index in [1.807, 2.05) is 9.47 Å². The highest BCUT2D eigenvalue weighted by molar-refractivity contribution is 4.78. The molecule has 1 saturated heterocycles. The summed E-state index contributed by atoms with van der Waals surface area (Å²) in [6, 6.07) is 0. The van der Waals surface area contributed by atoms with Gasteiger partial charge in [0.2, 0.25) is 0 Å². The molecule has 90 valence electrons. The molecule has 0 bridgehead atoms. The second-order valence-corrected chi connectivity index (χ2v) is 3.77. The molecule has 1 aromatic rings. The van der Waals surface area contributed by atoms with E-state index in [1.165, 1.54) is 0 Å². The van der Waals surface area contributed by atoms with Gasteiger partial charge in [-0.2, -0.15) is 0 Å². The number of hydrogen-bond donors (Lipinski definition) is 0. The van der Waals surface area contributed by atoms with E-state index in [0.29, 0.717) is 26.2 Å². The molecule has 2 heterocycles. The molecule has 1 fully saturated rings. The van der Waals surface area contributed by atoms with E-state index in [9.17, 15) is 13.2 Å². The van der Waals surface area contributed by atoms with Crippen molar-refractivity contribution in [3.8, 4) is 0 Å². The maximum Gasteiger partial charge on any atom is 0.522 e. The van der Waals surface area contributed by atoms with E-state index in [-0.39, 0.29) is 0 Å². The monoisotopic (exact) mass is 235 g/mol. The summed E-state index contributed by atoms with van der Waals surface area (Å²) in [6.07, 6.45) is 0.183. The standard InChI is InChI=1S/C9H12F3N3O/c10-9(11,12)16-8-1-3-14(5-8)7-15-4-2-13-6-15/h2,4,6,8H,1,3,5,7H2. The Morgan fingerprint density at radius 1 is 1.44 bits per heavy atom. The van der Waals surface area contributed by atoms with E-state index in [1.54, 1.807) is 18.7 Å². The summed E-state index contributed by atoms with van der Waals surface area (Å²) in [6.45, 7) is 1.47. The van der Waals surface area contributed by atoms with Crippen LogP contribution in [0.5, 0.6) is 0 Å². The molecule has 16 heavy (non-hydrogen) atoms. The molecule has 0 spiro atoms. The van der Waals surface area contributed by atoms with Gasteiger partial charge in [0.05, 0.1) is 19.1 Å². The second kappa shape index (κ2) is 4.42. The molecule has 1 aromatic heterocycles. The number of hydrogen-bond acceptors (Lipinski definition) is 3. The van der Waals surface area contributed by atoms with Crippen LogP contribution in [0.4, 0.5) is 13.2 Å². The third kappa shape index (κ3) is 3.21. The van der Waals surface area contributed by atoms with Crippen molar-refractivity contribution in [1.29, 1.82) is 0 Å². The summed E-state index contributed by atoms with van der Waals surface area (Å²) in [4.78, 5) is 5.77. The smallest absolute Gasteiger partial charge is 0.324 e. The number of aromatic nitrogens is 2. The van der Waals surface area contributed by atoms with E-state index in [0.717, 1.165) is 0 Å². The molecular formula is C9H12F3N3O. The fourth-order valence-electron chi connectivity index (χ4n) is 1.81. The van der Waals surface area contributed by atoms with Gasteiger partial charge < -0.3 is 4.57 Å². The molecule has 1 unspecified atom stereocenters. The van der Waals surface area contributed by atoms with Crippen LogP contribution in [-0.2, 0) is 11.4 Å². The molecule has 1 aliphatic rings. The molecule has 1 aliphatic heterocycles. The van der Waals surface area contributed by atoms with Gasteiger partial charge in [0.15, 0.2) is 0 Å². The number of nitrogens with zero attached hydrogens (tertiary/aromatic N) is 3. The zero-order chi connectivity index (χ0) is 11.6. The second-order valence-electron chi connectivity index (χ2n) is 3.77. The Balaban J connectivity index is 1.80. The largest absolute Gasteiger partial charge is 0.522 e. The molecule has 1 atom stereocenters. The highest BCUT2D eigenvalue weighted by Gasteiger charge is 2.36. The molecule has 0 radical (unpaired) electrons. The Kier molecular flexibility index (Phi) is 3.15. The van der Waals surface area contributed by atoms with Gasteiger partial charge in [0.1, 0.15) is 0 Å². The SMILES string of the molecule is FC(F)(F)OC1CCN(Cn2ccnc2)C1. The fraction of sp³-hybridized carbons (Fsp3) is 0.667. The first-order valence-corrected chi connectivity index (χ1v) is 4.95. The number of rotatable bonds is 3. The maximum absolute atomic E-state index is 12.0. The van der Waals surface area contributed by atoms with Crippen molar-refractivity contribution >= 4 is 0 Å². The topological polar surface area (TPSA) is 30.3 Å². The van der Waals surface area contributed by atoms with Crippen molar-refractivity contribution in [3.05, 3.63) is 18.7 Å². The summed E-state index contributed by atoms with van der Waals surface area (Å²) in [5, 5.41) is 0. The van der Waals surface area contributed by atoms with Crippen molar-refractivity contribution in [1.82, 2.24) is 14.5 Å². The quantitative estimate of drug-likeness (QED) is 0.794. The summed E-state index contributed by atoms with van der Waals surface area (Å²) in [7, 11) is 0. The van der Waals surface area contributed by atoms with Crippen LogP contribution in [0, 0.1) is 0 Å². The lowest BCUT2D eigenvalue weighted by molar-refractivity contribution is -0.340. The number of likely N-dealkylation sites (tertiary alicyclic amines) is 1. The first-order valence-electron chi connectivity index (χ1n) is 4.95. The van der Waals surface area contributed by atoms with Gasteiger partial charge in [-0.3, -0.25) is 9.64 Å². The zero-order valence-corrected chi connectivity index (χ0v) is 8.52. The third-order valence-corrected chi connectivity index (χ3v) is 2.45. The summed E-state index contributed by atoms with van der Waals surface area (Å²) < 4.78 is 41.7. The van der Waals surface area contributed by atoms with Crippen LogP contribution >= 0.6 is 0 Å². The number of ether oxygens (including phenoxy) is 1. The highest BCUT2D eigenvalue weighted by atomic mass is 19.4. The van der Waals surface area contributed by atoms with Crippen molar-refractivity contribution in [2.75, 3.05) is 13.1 Å². The lowest BCUT2D eigenvalue weighted by Crippen LogP contribution is -2.28. The third-order valence-electron chi connectivity index (χ3n) is 2.45. The lowest BCUT2D eigenvalue weighted by atomic mass is 10.3. The average molecular weight is 235 g/mol. The van der Waals surface area contributed by atoms with Crippen molar-refractivity contribution in [2.45, 2.75) is 25.6 Å². The molecule has 7 heteroatoms. The summed E-state index contributed by atoms with van der Waals surface area (Å²) in [5.41, 5.74) is 0. The molecule has 0 N–H and O–H groups in total. The molecular weight excluding hydrogens is 223 g/mol. The van der Waals surface area contributed by atoms with Gasteiger partial charge in [-0.05, 0) is 6.42 Å². The van der Waals surface area contributed by atoms with Gasteiger partial charge in [0, 0.05) is 25.5 Å². The fourth-order valence-corrected chi connectivity index (χ4v) is 1.81. The van der Waals surface area contributed by atoms with E-state index in [2.05, 4.69) is 9.72 Å². The Morgan fingerprint density at radius 2 is 2.25 bits per heavy atom. The van der Waals surface area contributed by atoms with Gasteiger partial charge in [-0.25, -0.2) is 4.98 Å².